The SMILES string of the molecule is CCC(C)=C(Br)C(N)=NC=C(C)C. The molecule has 0 heterocycles. The van der Waals surface area contributed by atoms with E-state index in [2.05, 4.69) is 27.8 Å². The van der Waals surface area contributed by atoms with E-state index in [1.165, 1.54) is 5.57 Å². The number of hydrogen-bond acceptors (Lipinski definition) is 1. The average Bonchev–Trinajstić information content (AvgIpc) is 2.11. The summed E-state index contributed by atoms with van der Waals surface area (Å²) in [4.78, 5) is 4.12. The van der Waals surface area contributed by atoms with Crippen molar-refractivity contribution in [3.8, 4) is 0 Å². The van der Waals surface area contributed by atoms with Gasteiger partial charge in [0.1, 0.15) is 5.84 Å². The van der Waals surface area contributed by atoms with Gasteiger partial charge in [-0.1, -0.05) is 18.1 Å². The lowest BCUT2D eigenvalue weighted by Crippen LogP contribution is -2.12. The quantitative estimate of drug-likeness (QED) is 0.601. The van der Waals surface area contributed by atoms with Crippen LogP contribution in [0.25, 0.3) is 0 Å². The van der Waals surface area contributed by atoms with E-state index in [-0.39, 0.29) is 0 Å². The molecule has 0 bridgehead atoms. The monoisotopic (exact) mass is 244 g/mol. The number of nitrogens with zero attached hydrogens (tertiary/aromatic N) is 1. The predicted octanol–water partition coefficient (Wildman–Crippen LogP) is 3.35. The highest BCUT2D eigenvalue weighted by molar-refractivity contribution is 9.12. The highest BCUT2D eigenvalue weighted by Gasteiger charge is 2.00. The van der Waals surface area contributed by atoms with Gasteiger partial charge in [-0.2, -0.15) is 0 Å². The number of allylic oxidation sites excluding steroid dienone is 2. The molecule has 0 spiro atoms. The summed E-state index contributed by atoms with van der Waals surface area (Å²) >= 11 is 3.41. The Morgan fingerprint density at radius 2 is 1.92 bits per heavy atom. The van der Waals surface area contributed by atoms with Crippen LogP contribution in [0.1, 0.15) is 34.1 Å². The summed E-state index contributed by atoms with van der Waals surface area (Å²) in [7, 11) is 0. The molecule has 13 heavy (non-hydrogen) atoms. The summed E-state index contributed by atoms with van der Waals surface area (Å²) < 4.78 is 0.910. The van der Waals surface area contributed by atoms with Crippen molar-refractivity contribution in [2.45, 2.75) is 34.1 Å². The topological polar surface area (TPSA) is 38.4 Å². The molecule has 3 heteroatoms. The standard InChI is InChI=1S/C10H17BrN2/c1-5-8(4)9(11)10(12)13-6-7(2)3/h6H,5H2,1-4H3,(H2,12,13). The van der Waals surface area contributed by atoms with Crippen LogP contribution in [0, 0.1) is 0 Å². The second-order valence-electron chi connectivity index (χ2n) is 3.17. The van der Waals surface area contributed by atoms with E-state index < -0.39 is 0 Å². The Kier molecular flexibility index (Phi) is 5.71. The van der Waals surface area contributed by atoms with Gasteiger partial charge < -0.3 is 5.73 Å². The van der Waals surface area contributed by atoms with Crippen molar-refractivity contribution in [3.63, 3.8) is 0 Å². The maximum absolute atomic E-state index is 5.74. The summed E-state index contributed by atoms with van der Waals surface area (Å²) in [5.74, 6) is 0.542. The largest absolute Gasteiger partial charge is 0.383 e. The second-order valence-corrected chi connectivity index (χ2v) is 3.96. The smallest absolute Gasteiger partial charge is 0.137 e. The molecular weight excluding hydrogens is 228 g/mol. The van der Waals surface area contributed by atoms with Crippen LogP contribution in [-0.4, -0.2) is 5.84 Å². The van der Waals surface area contributed by atoms with Crippen LogP contribution in [0.3, 0.4) is 0 Å². The Morgan fingerprint density at radius 3 is 2.31 bits per heavy atom. The lowest BCUT2D eigenvalue weighted by molar-refractivity contribution is 1.10. The van der Waals surface area contributed by atoms with E-state index in [0.29, 0.717) is 5.84 Å². The maximum Gasteiger partial charge on any atom is 0.137 e. The number of nitrogens with two attached hydrogens (primary N) is 1. The van der Waals surface area contributed by atoms with Crippen LogP contribution in [0.15, 0.2) is 26.8 Å². The van der Waals surface area contributed by atoms with Crippen LogP contribution in [0.2, 0.25) is 0 Å². The first kappa shape index (κ1) is 12.4. The summed E-state index contributed by atoms with van der Waals surface area (Å²) in [5.41, 5.74) is 8.09. The Hall–Kier alpha value is -0.570. The second kappa shape index (κ2) is 5.97. The third-order valence-corrected chi connectivity index (χ3v) is 2.67. The molecule has 0 fully saturated rings. The number of aliphatic imine (C=N–C) groups is 1. The van der Waals surface area contributed by atoms with Gasteiger partial charge in [0, 0.05) is 6.20 Å². The van der Waals surface area contributed by atoms with Gasteiger partial charge in [-0.25, -0.2) is 4.99 Å². The lowest BCUT2D eigenvalue weighted by atomic mass is 10.2. The minimum atomic E-state index is 0.542. The average molecular weight is 245 g/mol. The van der Waals surface area contributed by atoms with E-state index >= 15 is 0 Å². The zero-order valence-electron chi connectivity index (χ0n) is 8.69. The van der Waals surface area contributed by atoms with Gasteiger partial charge in [0.15, 0.2) is 0 Å². The first-order valence-electron chi connectivity index (χ1n) is 4.31. The Morgan fingerprint density at radius 1 is 1.38 bits per heavy atom. The number of rotatable bonds is 3. The molecule has 0 atom stereocenters. The fourth-order valence-corrected chi connectivity index (χ4v) is 1.01. The normalized spacial score (nSPS) is 13.8. The molecule has 0 aliphatic carbocycles. The minimum absolute atomic E-state index is 0.542. The molecule has 2 N–H and O–H groups in total. The number of halogens is 1. The molecule has 0 aromatic rings. The molecule has 0 saturated heterocycles. The minimum Gasteiger partial charge on any atom is -0.383 e. The predicted molar refractivity (Wildman–Crippen MR) is 63.0 cm³/mol. The zero-order chi connectivity index (χ0) is 10.4. The van der Waals surface area contributed by atoms with E-state index in [4.69, 9.17) is 5.73 Å². The van der Waals surface area contributed by atoms with E-state index in [9.17, 15) is 0 Å². The molecule has 0 saturated carbocycles. The summed E-state index contributed by atoms with van der Waals surface area (Å²) in [5, 5.41) is 0. The molecule has 0 unspecified atom stereocenters. The Labute approximate surface area is 88.7 Å². The van der Waals surface area contributed by atoms with Crippen molar-refractivity contribution in [3.05, 3.63) is 21.8 Å². The van der Waals surface area contributed by atoms with Crippen molar-refractivity contribution < 1.29 is 0 Å². The third kappa shape index (κ3) is 4.88. The zero-order valence-corrected chi connectivity index (χ0v) is 10.3. The first-order valence-corrected chi connectivity index (χ1v) is 5.10. The van der Waals surface area contributed by atoms with E-state index in [1.807, 2.05) is 20.8 Å². The molecule has 0 radical (unpaired) electrons. The van der Waals surface area contributed by atoms with Gasteiger partial charge >= 0.3 is 0 Å². The van der Waals surface area contributed by atoms with Gasteiger partial charge in [-0.15, -0.1) is 0 Å². The van der Waals surface area contributed by atoms with Crippen LogP contribution in [0.4, 0.5) is 0 Å². The summed E-state index contributed by atoms with van der Waals surface area (Å²) in [6.07, 6.45) is 2.74. The third-order valence-electron chi connectivity index (χ3n) is 1.59. The van der Waals surface area contributed by atoms with Gasteiger partial charge in [-0.05, 0) is 43.1 Å². The van der Waals surface area contributed by atoms with E-state index in [1.54, 1.807) is 6.20 Å². The first-order chi connectivity index (χ1) is 5.99. The number of hydrogen-bond donors (Lipinski definition) is 1. The molecule has 0 aromatic heterocycles. The molecule has 2 nitrogen and oxygen atoms in total. The molecule has 0 rings (SSSR count). The van der Waals surface area contributed by atoms with Gasteiger partial charge in [0.25, 0.3) is 0 Å². The molecule has 74 valence electrons. The Balaban J connectivity index is 4.70. The summed E-state index contributed by atoms with van der Waals surface area (Å²) in [6, 6.07) is 0. The Bertz CT molecular complexity index is 258. The van der Waals surface area contributed by atoms with Crippen molar-refractivity contribution in [1.82, 2.24) is 0 Å². The molecule has 0 aliphatic heterocycles. The molecule has 0 aromatic carbocycles. The van der Waals surface area contributed by atoms with Gasteiger partial charge in [0.05, 0.1) is 4.48 Å². The van der Waals surface area contributed by atoms with E-state index in [0.717, 1.165) is 16.5 Å². The molecule has 0 amide bonds. The number of amidine groups is 1. The van der Waals surface area contributed by atoms with Crippen LogP contribution < -0.4 is 5.73 Å². The molecule has 0 aliphatic rings. The fourth-order valence-electron chi connectivity index (χ4n) is 0.629. The lowest BCUT2D eigenvalue weighted by Gasteiger charge is -2.01. The molecular formula is C10H17BrN2. The van der Waals surface area contributed by atoms with Crippen molar-refractivity contribution in [1.29, 1.82) is 0 Å². The summed E-state index contributed by atoms with van der Waals surface area (Å²) in [6.45, 7) is 8.10. The van der Waals surface area contributed by atoms with Crippen LogP contribution in [-0.2, 0) is 0 Å². The highest BCUT2D eigenvalue weighted by atomic mass is 79.9. The van der Waals surface area contributed by atoms with Crippen molar-refractivity contribution >= 4 is 21.8 Å². The van der Waals surface area contributed by atoms with Crippen LogP contribution >= 0.6 is 15.9 Å². The van der Waals surface area contributed by atoms with Gasteiger partial charge in [-0.3, -0.25) is 0 Å². The maximum atomic E-state index is 5.74. The van der Waals surface area contributed by atoms with Crippen molar-refractivity contribution in [2.75, 3.05) is 0 Å². The van der Waals surface area contributed by atoms with Crippen molar-refractivity contribution in [2.24, 2.45) is 10.7 Å². The fraction of sp³-hybridized carbons (Fsp3) is 0.500. The highest BCUT2D eigenvalue weighted by Crippen LogP contribution is 2.14. The van der Waals surface area contributed by atoms with Gasteiger partial charge in [0.2, 0.25) is 0 Å². The van der Waals surface area contributed by atoms with Crippen LogP contribution in [0.5, 0.6) is 0 Å².